The van der Waals surface area contributed by atoms with Crippen molar-refractivity contribution in [2.75, 3.05) is 26.2 Å². The van der Waals surface area contributed by atoms with Gasteiger partial charge in [0.2, 0.25) is 10.0 Å². The third-order valence-corrected chi connectivity index (χ3v) is 5.62. The minimum absolute atomic E-state index is 0.116. The largest absolute Gasteiger partial charge is 0.331 e. The first kappa shape index (κ1) is 14.5. The summed E-state index contributed by atoms with van der Waals surface area (Å²) >= 11 is 0. The van der Waals surface area contributed by atoms with E-state index in [0.717, 1.165) is 18.7 Å². The normalized spacial score (nSPS) is 18.9. The molecule has 0 aliphatic carbocycles. The summed E-state index contributed by atoms with van der Waals surface area (Å²) in [7, 11) is -3.17. The van der Waals surface area contributed by atoms with Crippen LogP contribution in [0.4, 0.5) is 0 Å². The van der Waals surface area contributed by atoms with Crippen molar-refractivity contribution in [2.45, 2.75) is 25.6 Å². The number of piperazine rings is 1. The Labute approximate surface area is 116 Å². The molecular formula is C14H23N2O2S+. The topological polar surface area (TPSA) is 41.8 Å². The predicted octanol–water partition coefficient (Wildman–Crippen LogP) is 0.125. The number of hydrogen-bond donors (Lipinski definition) is 1. The van der Waals surface area contributed by atoms with Gasteiger partial charge in [0.15, 0.2) is 0 Å². The Morgan fingerprint density at radius 3 is 2.26 bits per heavy atom. The van der Waals surface area contributed by atoms with Crippen LogP contribution in [-0.4, -0.2) is 44.9 Å². The second-order valence-electron chi connectivity index (χ2n) is 5.45. The van der Waals surface area contributed by atoms with Crippen LogP contribution in [-0.2, 0) is 15.8 Å². The number of nitrogens with zero attached hydrogens (tertiary/aromatic N) is 1. The molecule has 1 aliphatic heterocycles. The molecule has 1 N–H and O–H groups in total. The van der Waals surface area contributed by atoms with E-state index in [1.54, 1.807) is 4.31 Å². The number of nitrogens with one attached hydrogen (secondary N) is 1. The summed E-state index contributed by atoms with van der Waals surface area (Å²) in [5, 5.41) is 0. The van der Waals surface area contributed by atoms with Crippen LogP contribution in [0.15, 0.2) is 30.3 Å². The molecule has 0 saturated carbocycles. The maximum absolute atomic E-state index is 12.3. The van der Waals surface area contributed by atoms with E-state index < -0.39 is 10.0 Å². The molecule has 0 spiro atoms. The highest BCUT2D eigenvalue weighted by atomic mass is 32.2. The van der Waals surface area contributed by atoms with Gasteiger partial charge in [-0.05, 0) is 19.4 Å². The summed E-state index contributed by atoms with van der Waals surface area (Å²) in [5.74, 6) is 0.116. The SMILES string of the molecule is CC(C)[NH+]1CCN(S(=O)(=O)Cc2ccccc2)CC1. The van der Waals surface area contributed by atoms with Gasteiger partial charge in [-0.1, -0.05) is 30.3 Å². The number of hydrogen-bond acceptors (Lipinski definition) is 2. The molecule has 106 valence electrons. The van der Waals surface area contributed by atoms with Gasteiger partial charge in [0.1, 0.15) is 0 Å². The fraction of sp³-hybridized carbons (Fsp3) is 0.571. The van der Waals surface area contributed by atoms with Gasteiger partial charge < -0.3 is 4.90 Å². The molecule has 1 heterocycles. The second kappa shape index (κ2) is 6.03. The van der Waals surface area contributed by atoms with E-state index in [1.165, 1.54) is 4.90 Å². The lowest BCUT2D eigenvalue weighted by atomic mass is 10.2. The van der Waals surface area contributed by atoms with Crippen molar-refractivity contribution in [2.24, 2.45) is 0 Å². The van der Waals surface area contributed by atoms with E-state index in [9.17, 15) is 8.42 Å². The van der Waals surface area contributed by atoms with Crippen molar-refractivity contribution in [3.63, 3.8) is 0 Å². The van der Waals surface area contributed by atoms with Crippen LogP contribution in [0.1, 0.15) is 19.4 Å². The van der Waals surface area contributed by atoms with Crippen LogP contribution < -0.4 is 4.90 Å². The lowest BCUT2D eigenvalue weighted by molar-refractivity contribution is -0.924. The number of quaternary nitrogens is 1. The summed E-state index contributed by atoms with van der Waals surface area (Å²) in [6.45, 7) is 7.47. The monoisotopic (exact) mass is 283 g/mol. The molecule has 1 aliphatic rings. The maximum Gasteiger partial charge on any atom is 0.218 e. The summed E-state index contributed by atoms with van der Waals surface area (Å²) in [5.41, 5.74) is 0.862. The minimum Gasteiger partial charge on any atom is -0.331 e. The smallest absolute Gasteiger partial charge is 0.218 e. The molecule has 4 nitrogen and oxygen atoms in total. The van der Waals surface area contributed by atoms with E-state index in [0.29, 0.717) is 19.1 Å². The van der Waals surface area contributed by atoms with Crippen molar-refractivity contribution in [3.05, 3.63) is 35.9 Å². The highest BCUT2D eigenvalue weighted by molar-refractivity contribution is 7.88. The summed E-state index contributed by atoms with van der Waals surface area (Å²) in [6, 6.07) is 9.97. The zero-order valence-electron chi connectivity index (χ0n) is 11.7. The second-order valence-corrected chi connectivity index (χ2v) is 7.42. The van der Waals surface area contributed by atoms with Gasteiger partial charge in [-0.15, -0.1) is 0 Å². The van der Waals surface area contributed by atoms with Crippen LogP contribution >= 0.6 is 0 Å². The van der Waals surface area contributed by atoms with Gasteiger partial charge in [-0.3, -0.25) is 0 Å². The molecule has 0 aromatic heterocycles. The molecule has 19 heavy (non-hydrogen) atoms. The van der Waals surface area contributed by atoms with E-state index in [-0.39, 0.29) is 5.75 Å². The molecule has 0 amide bonds. The summed E-state index contributed by atoms with van der Waals surface area (Å²) < 4.78 is 26.3. The average Bonchev–Trinajstić information content (AvgIpc) is 2.39. The van der Waals surface area contributed by atoms with Crippen molar-refractivity contribution >= 4 is 10.0 Å². The highest BCUT2D eigenvalue weighted by Gasteiger charge is 2.29. The third-order valence-electron chi connectivity index (χ3n) is 3.77. The Morgan fingerprint density at radius 1 is 1.16 bits per heavy atom. The molecule has 1 fully saturated rings. The van der Waals surface area contributed by atoms with Crippen LogP contribution in [0.25, 0.3) is 0 Å². The van der Waals surface area contributed by atoms with Gasteiger partial charge >= 0.3 is 0 Å². The third kappa shape index (κ3) is 3.78. The lowest BCUT2D eigenvalue weighted by Gasteiger charge is -2.33. The van der Waals surface area contributed by atoms with Crippen molar-refractivity contribution in [1.82, 2.24) is 4.31 Å². The molecule has 0 bridgehead atoms. The molecule has 0 unspecified atom stereocenters. The molecular weight excluding hydrogens is 260 g/mol. The van der Waals surface area contributed by atoms with Gasteiger partial charge in [0.25, 0.3) is 0 Å². The Balaban J connectivity index is 1.98. The fourth-order valence-corrected chi connectivity index (χ4v) is 4.04. The zero-order chi connectivity index (χ0) is 13.9. The van der Waals surface area contributed by atoms with Crippen LogP contribution in [0.5, 0.6) is 0 Å². The van der Waals surface area contributed by atoms with Crippen LogP contribution in [0, 0.1) is 0 Å². The highest BCUT2D eigenvalue weighted by Crippen LogP contribution is 2.10. The van der Waals surface area contributed by atoms with Gasteiger partial charge in [0.05, 0.1) is 38.0 Å². The van der Waals surface area contributed by atoms with Gasteiger partial charge in [0, 0.05) is 0 Å². The summed E-state index contributed by atoms with van der Waals surface area (Å²) in [6.07, 6.45) is 0. The first-order chi connectivity index (χ1) is 8.99. The standard InChI is InChI=1S/C14H22N2O2S/c1-13(2)15-8-10-16(11-9-15)19(17,18)12-14-6-4-3-5-7-14/h3-7,13H,8-12H2,1-2H3/p+1. The van der Waals surface area contributed by atoms with Gasteiger partial charge in [-0.25, -0.2) is 8.42 Å². The Morgan fingerprint density at radius 2 is 1.74 bits per heavy atom. The molecule has 5 heteroatoms. The van der Waals surface area contributed by atoms with E-state index in [1.807, 2.05) is 30.3 Å². The first-order valence-corrected chi connectivity index (χ1v) is 8.46. The molecule has 1 saturated heterocycles. The van der Waals surface area contributed by atoms with Gasteiger partial charge in [-0.2, -0.15) is 4.31 Å². The number of benzene rings is 1. The molecule has 1 aromatic carbocycles. The Kier molecular flexibility index (Phi) is 4.60. The number of sulfonamides is 1. The fourth-order valence-electron chi connectivity index (χ4n) is 2.51. The van der Waals surface area contributed by atoms with Crippen LogP contribution in [0.2, 0.25) is 0 Å². The van der Waals surface area contributed by atoms with Crippen molar-refractivity contribution in [1.29, 1.82) is 0 Å². The first-order valence-electron chi connectivity index (χ1n) is 6.85. The Bertz CT molecular complexity index is 491. The summed E-state index contributed by atoms with van der Waals surface area (Å²) in [4.78, 5) is 1.49. The van der Waals surface area contributed by atoms with Crippen LogP contribution in [0.3, 0.4) is 0 Å². The Hall–Kier alpha value is -0.910. The lowest BCUT2D eigenvalue weighted by Crippen LogP contribution is -3.17. The van der Waals surface area contributed by atoms with Crippen molar-refractivity contribution in [3.8, 4) is 0 Å². The molecule has 0 atom stereocenters. The predicted molar refractivity (Wildman–Crippen MR) is 76.5 cm³/mol. The molecule has 2 rings (SSSR count). The molecule has 1 aromatic rings. The van der Waals surface area contributed by atoms with E-state index >= 15 is 0 Å². The van der Waals surface area contributed by atoms with Crippen molar-refractivity contribution < 1.29 is 13.3 Å². The van der Waals surface area contributed by atoms with E-state index in [2.05, 4.69) is 13.8 Å². The van der Waals surface area contributed by atoms with E-state index in [4.69, 9.17) is 0 Å². The average molecular weight is 283 g/mol. The maximum atomic E-state index is 12.3. The quantitative estimate of drug-likeness (QED) is 0.853. The minimum atomic E-state index is -3.17. The number of rotatable bonds is 4. The zero-order valence-corrected chi connectivity index (χ0v) is 12.5. The molecule has 0 radical (unpaired) electrons.